The third-order valence-corrected chi connectivity index (χ3v) is 4.93. The first-order valence-electron chi connectivity index (χ1n) is 9.49. The molecule has 1 aromatic heterocycles. The van der Waals surface area contributed by atoms with E-state index in [0.717, 1.165) is 64.7 Å². The van der Waals surface area contributed by atoms with E-state index >= 15 is 0 Å². The average Bonchev–Trinajstić information content (AvgIpc) is 3.06. The van der Waals surface area contributed by atoms with Crippen LogP contribution in [0.4, 0.5) is 5.69 Å². The number of anilines is 1. The zero-order valence-corrected chi connectivity index (χ0v) is 16.1. The maximum absolute atomic E-state index is 6.26. The topological polar surface area (TPSA) is 34.8 Å². The third-order valence-electron chi connectivity index (χ3n) is 4.93. The molecule has 0 saturated heterocycles. The van der Waals surface area contributed by atoms with Crippen molar-refractivity contribution in [3.8, 4) is 11.5 Å². The number of benzene rings is 2. The van der Waals surface area contributed by atoms with Gasteiger partial charge in [0, 0.05) is 36.2 Å². The molecule has 0 aliphatic carbocycles. The van der Waals surface area contributed by atoms with Gasteiger partial charge in [-0.2, -0.15) is 0 Å². The second kappa shape index (κ2) is 7.39. The Labute approximate surface area is 160 Å². The van der Waals surface area contributed by atoms with E-state index in [4.69, 9.17) is 13.9 Å². The van der Waals surface area contributed by atoms with Crippen LogP contribution in [-0.4, -0.2) is 20.2 Å². The van der Waals surface area contributed by atoms with Crippen LogP contribution in [0.5, 0.6) is 11.5 Å². The Bertz CT molecular complexity index is 986. The zero-order valence-electron chi connectivity index (χ0n) is 16.1. The number of rotatable bonds is 6. The molecule has 2 aromatic carbocycles. The number of ether oxygens (including phenoxy) is 2. The highest BCUT2D eigenvalue weighted by Crippen LogP contribution is 2.36. The summed E-state index contributed by atoms with van der Waals surface area (Å²) in [5, 5.41) is 1.09. The minimum absolute atomic E-state index is 0.784. The third kappa shape index (κ3) is 3.52. The lowest BCUT2D eigenvalue weighted by Gasteiger charge is -2.31. The van der Waals surface area contributed by atoms with E-state index in [9.17, 15) is 0 Å². The van der Waals surface area contributed by atoms with Crippen molar-refractivity contribution in [1.29, 1.82) is 0 Å². The van der Waals surface area contributed by atoms with E-state index in [1.807, 2.05) is 37.3 Å². The molecule has 4 rings (SSSR count). The van der Waals surface area contributed by atoms with Crippen molar-refractivity contribution in [2.75, 3.05) is 25.1 Å². The Balaban J connectivity index is 1.65. The minimum Gasteiger partial charge on any atom is -0.497 e. The van der Waals surface area contributed by atoms with Crippen LogP contribution in [0.15, 0.2) is 53.0 Å². The number of nitrogens with zero attached hydrogens (tertiary/aromatic N) is 1. The summed E-state index contributed by atoms with van der Waals surface area (Å²) in [5.74, 6) is 3.43. The molecule has 0 unspecified atom stereocenters. The van der Waals surface area contributed by atoms with Crippen LogP contribution >= 0.6 is 0 Å². The molecule has 4 nitrogen and oxygen atoms in total. The van der Waals surface area contributed by atoms with Gasteiger partial charge in [-0.25, -0.2) is 0 Å². The molecule has 0 amide bonds. The molecule has 27 heavy (non-hydrogen) atoms. The predicted octanol–water partition coefficient (Wildman–Crippen LogP) is 5.79. The lowest BCUT2D eigenvalue weighted by molar-refractivity contribution is 0.414. The van der Waals surface area contributed by atoms with E-state index < -0.39 is 0 Å². The van der Waals surface area contributed by atoms with Crippen LogP contribution in [0.25, 0.3) is 16.7 Å². The molecule has 2 heterocycles. The van der Waals surface area contributed by atoms with Gasteiger partial charge < -0.3 is 18.8 Å². The number of unbranched alkanes of at least 4 members (excludes halogenated alkanes) is 1. The lowest BCUT2D eigenvalue weighted by Crippen LogP contribution is -2.28. The van der Waals surface area contributed by atoms with Crippen molar-refractivity contribution in [3.05, 3.63) is 59.9 Å². The zero-order chi connectivity index (χ0) is 18.8. The molecule has 0 radical (unpaired) electrons. The molecule has 0 atom stereocenters. The Kier molecular flexibility index (Phi) is 4.80. The van der Waals surface area contributed by atoms with Gasteiger partial charge in [0.2, 0.25) is 0 Å². The fourth-order valence-corrected chi connectivity index (χ4v) is 3.50. The fourth-order valence-electron chi connectivity index (χ4n) is 3.50. The van der Waals surface area contributed by atoms with Gasteiger partial charge in [-0.15, -0.1) is 0 Å². The largest absolute Gasteiger partial charge is 0.497 e. The summed E-state index contributed by atoms with van der Waals surface area (Å²) >= 11 is 0. The van der Waals surface area contributed by atoms with E-state index in [0.29, 0.717) is 0 Å². The van der Waals surface area contributed by atoms with Gasteiger partial charge >= 0.3 is 0 Å². The highest BCUT2D eigenvalue weighted by molar-refractivity contribution is 5.82. The summed E-state index contributed by atoms with van der Waals surface area (Å²) in [6, 6.07) is 14.2. The van der Waals surface area contributed by atoms with Crippen LogP contribution in [0, 0.1) is 6.92 Å². The molecule has 140 valence electrons. The lowest BCUT2D eigenvalue weighted by atomic mass is 10.0. The minimum atomic E-state index is 0.784. The summed E-state index contributed by atoms with van der Waals surface area (Å²) in [6.45, 7) is 6.03. The van der Waals surface area contributed by atoms with Crippen LogP contribution in [0.3, 0.4) is 0 Å². The molecule has 0 bridgehead atoms. The Morgan fingerprint density at radius 2 is 1.93 bits per heavy atom. The van der Waals surface area contributed by atoms with E-state index in [2.05, 4.69) is 30.0 Å². The highest BCUT2D eigenvalue weighted by Gasteiger charge is 2.21. The maximum Gasteiger partial charge on any atom is 0.137 e. The van der Waals surface area contributed by atoms with Crippen LogP contribution in [-0.2, 0) is 0 Å². The molecule has 0 spiro atoms. The summed E-state index contributed by atoms with van der Waals surface area (Å²) in [7, 11) is 1.70. The van der Waals surface area contributed by atoms with Crippen molar-refractivity contribution < 1.29 is 13.9 Å². The second-order valence-corrected chi connectivity index (χ2v) is 6.91. The molecule has 1 aliphatic heterocycles. The van der Waals surface area contributed by atoms with E-state index in [1.165, 1.54) is 6.42 Å². The van der Waals surface area contributed by atoms with Gasteiger partial charge in [-0.1, -0.05) is 13.3 Å². The number of fused-ring (bicyclic) bond motifs is 2. The van der Waals surface area contributed by atoms with Crippen molar-refractivity contribution in [2.45, 2.75) is 26.7 Å². The maximum atomic E-state index is 6.26. The Morgan fingerprint density at radius 3 is 2.74 bits per heavy atom. The number of hydrogen-bond donors (Lipinski definition) is 0. The van der Waals surface area contributed by atoms with Crippen molar-refractivity contribution in [2.24, 2.45) is 0 Å². The molecular formula is C23H25NO3. The van der Waals surface area contributed by atoms with Gasteiger partial charge in [-0.05, 0) is 49.8 Å². The summed E-state index contributed by atoms with van der Waals surface area (Å²) in [4.78, 5) is 2.38. The fraction of sp³-hybridized carbons (Fsp3) is 0.304. The van der Waals surface area contributed by atoms with Crippen LogP contribution in [0.1, 0.15) is 31.1 Å². The van der Waals surface area contributed by atoms with Crippen LogP contribution in [0.2, 0.25) is 0 Å². The summed E-state index contributed by atoms with van der Waals surface area (Å²) in [6.07, 6.45) is 4.49. The average molecular weight is 363 g/mol. The van der Waals surface area contributed by atoms with E-state index in [1.54, 1.807) is 7.11 Å². The molecule has 4 heteroatoms. The van der Waals surface area contributed by atoms with Gasteiger partial charge in [0.05, 0.1) is 12.8 Å². The van der Waals surface area contributed by atoms with Gasteiger partial charge in [0.25, 0.3) is 0 Å². The van der Waals surface area contributed by atoms with Crippen LogP contribution < -0.4 is 14.4 Å². The number of furan rings is 1. The first-order valence-corrected chi connectivity index (χ1v) is 9.49. The predicted molar refractivity (Wildman–Crippen MR) is 110 cm³/mol. The molecule has 1 aliphatic rings. The summed E-state index contributed by atoms with van der Waals surface area (Å²) < 4.78 is 17.4. The number of hydrogen-bond acceptors (Lipinski definition) is 4. The molecule has 3 aromatic rings. The number of methoxy groups -OCH3 is 1. The highest BCUT2D eigenvalue weighted by atomic mass is 16.5. The normalized spacial score (nSPS) is 13.4. The monoisotopic (exact) mass is 363 g/mol. The molecule has 0 saturated carbocycles. The number of aryl methyl sites for hydroxylation is 1. The standard InChI is InChI=1S/C23H25NO3/c1-4-5-11-24-12-10-22(20-9-8-18(25-3)14-21(20)24)27-19-7-6-17-13-16(2)26-23(17)15-19/h6-10,13-15H,4-5,11-12H2,1-3H3. The van der Waals surface area contributed by atoms with Crippen molar-refractivity contribution in [3.63, 3.8) is 0 Å². The van der Waals surface area contributed by atoms with Gasteiger partial charge in [-0.3, -0.25) is 0 Å². The first-order chi connectivity index (χ1) is 13.2. The van der Waals surface area contributed by atoms with Gasteiger partial charge in [0.15, 0.2) is 0 Å². The smallest absolute Gasteiger partial charge is 0.137 e. The van der Waals surface area contributed by atoms with Gasteiger partial charge in [0.1, 0.15) is 28.6 Å². The Hall–Kier alpha value is -2.88. The molecular weight excluding hydrogens is 338 g/mol. The van der Waals surface area contributed by atoms with Crippen molar-refractivity contribution >= 4 is 22.4 Å². The summed E-state index contributed by atoms with van der Waals surface area (Å²) in [5.41, 5.74) is 3.10. The second-order valence-electron chi connectivity index (χ2n) is 6.91. The Morgan fingerprint density at radius 1 is 1.07 bits per heavy atom. The first kappa shape index (κ1) is 17.5. The molecule has 0 fully saturated rings. The SMILES string of the molecule is CCCCN1CC=C(Oc2ccc3cc(C)oc3c2)c2ccc(OC)cc21. The quantitative estimate of drug-likeness (QED) is 0.555. The van der Waals surface area contributed by atoms with Crippen molar-refractivity contribution in [1.82, 2.24) is 0 Å². The van der Waals surface area contributed by atoms with E-state index in [-0.39, 0.29) is 0 Å². The molecule has 0 N–H and O–H groups in total.